The van der Waals surface area contributed by atoms with E-state index in [1.165, 1.54) is 0 Å². The van der Waals surface area contributed by atoms with Gasteiger partial charge in [0.15, 0.2) is 34.7 Å². The summed E-state index contributed by atoms with van der Waals surface area (Å²) >= 11 is 6.09. The lowest BCUT2D eigenvalue weighted by Crippen LogP contribution is -2.05. The summed E-state index contributed by atoms with van der Waals surface area (Å²) in [6.45, 7) is 21.9. The molecule has 13 heteroatoms. The topological polar surface area (TPSA) is 180 Å². The molecule has 12 nitrogen and oxygen atoms in total. The molecule has 0 unspecified atom stereocenters. The van der Waals surface area contributed by atoms with E-state index in [-0.39, 0.29) is 34.7 Å². The van der Waals surface area contributed by atoms with Crippen molar-refractivity contribution in [2.45, 2.75) is 115 Å². The van der Waals surface area contributed by atoms with Crippen molar-refractivity contribution < 1.29 is 28.8 Å². The molecule has 6 heterocycles. The number of aromatic nitrogens is 6. The zero-order chi connectivity index (χ0) is 88.9. The molecule has 0 fully saturated rings. The van der Waals surface area contributed by atoms with Gasteiger partial charge in [0.05, 0.1) is 38.1 Å². The number of rotatable bonds is 18. The molecule has 0 aliphatic heterocycles. The Morgan fingerprint density at radius 2 is 0.413 bits per heavy atom. The molecule has 18 rings (SSSR count). The van der Waals surface area contributed by atoms with E-state index < -0.39 is 0 Å². The fourth-order valence-corrected chi connectivity index (χ4v) is 15.1. The first-order valence-electron chi connectivity index (χ1n) is 42.2. The molecule has 12 aromatic carbocycles. The van der Waals surface area contributed by atoms with Crippen molar-refractivity contribution >= 4 is 112 Å². The Morgan fingerprint density at radius 1 is 0.198 bits per heavy atom. The molecule has 6 aromatic heterocycles. The first-order chi connectivity index (χ1) is 60.8. The maximum absolute atomic E-state index is 12.5. The highest BCUT2D eigenvalue weighted by molar-refractivity contribution is 6.34. The second kappa shape index (κ2) is 42.0. The van der Waals surface area contributed by atoms with Crippen molar-refractivity contribution in [3.63, 3.8) is 0 Å². The first-order valence-corrected chi connectivity index (χ1v) is 42.6. The second-order valence-electron chi connectivity index (χ2n) is 32.1. The van der Waals surface area contributed by atoms with Gasteiger partial charge in [0.1, 0.15) is 0 Å². The van der Waals surface area contributed by atoms with E-state index in [1.54, 1.807) is 12.1 Å². The number of carbonyl (C=O) groups is 6. The Morgan fingerprint density at radius 3 is 0.643 bits per heavy atom. The summed E-state index contributed by atoms with van der Waals surface area (Å²) in [5.74, 6) is 0.669. The molecule has 0 bridgehead atoms. The van der Waals surface area contributed by atoms with E-state index in [0.29, 0.717) is 49.1 Å². The van der Waals surface area contributed by atoms with Gasteiger partial charge < -0.3 is 0 Å². The average molecular weight is 1670 g/mol. The zero-order valence-corrected chi connectivity index (χ0v) is 73.7. The van der Waals surface area contributed by atoms with Crippen molar-refractivity contribution in [3.8, 4) is 0 Å². The lowest BCUT2D eigenvalue weighted by molar-refractivity contribution is 0.0985. The maximum Gasteiger partial charge on any atom is 0.168 e. The van der Waals surface area contributed by atoms with Gasteiger partial charge in [0.25, 0.3) is 0 Å². The predicted octanol–water partition coefficient (Wildman–Crippen LogP) is 26.0. The molecular weight excluding hydrogens is 1570 g/mol. The normalized spacial score (nSPS) is 10.8. The van der Waals surface area contributed by atoms with Gasteiger partial charge in [-0.2, -0.15) is 0 Å². The van der Waals surface area contributed by atoms with E-state index in [9.17, 15) is 28.8 Å². The summed E-state index contributed by atoms with van der Waals surface area (Å²) in [6.07, 6.45) is 2.23. The largest absolute Gasteiger partial charge is 0.294 e. The molecular formula is C113H99ClN6O6. The summed E-state index contributed by atoms with van der Waals surface area (Å²) in [5, 5.41) is 6.93. The molecule has 0 saturated carbocycles. The van der Waals surface area contributed by atoms with Crippen LogP contribution < -0.4 is 0 Å². The summed E-state index contributed by atoms with van der Waals surface area (Å²) < 4.78 is 0. The average Bonchev–Trinajstić information content (AvgIpc) is 0.800. The van der Waals surface area contributed by atoms with Crippen LogP contribution in [0.4, 0.5) is 0 Å². The Bertz CT molecular complexity index is 6590. The number of aryl methyl sites for hydroxylation is 11. The summed E-state index contributed by atoms with van der Waals surface area (Å²) in [7, 11) is 0. The Labute approximate surface area is 741 Å². The number of para-hydroxylation sites is 6. The monoisotopic (exact) mass is 1670 g/mol. The maximum atomic E-state index is 12.5. The van der Waals surface area contributed by atoms with Gasteiger partial charge in [-0.1, -0.05) is 306 Å². The molecule has 0 atom stereocenters. The van der Waals surface area contributed by atoms with E-state index in [1.807, 2.05) is 361 Å². The van der Waals surface area contributed by atoms with Gasteiger partial charge >= 0.3 is 0 Å². The van der Waals surface area contributed by atoms with Crippen molar-refractivity contribution in [3.05, 3.63) is 461 Å². The van der Waals surface area contributed by atoms with Crippen LogP contribution in [0.2, 0.25) is 5.02 Å². The standard InChI is InChI=1S/5C19H17NO.C18H14ClNO/c2*1-13-5-3-7-16(11-13)18(21)12-17-8-4-6-15-10-9-14(2)20-19(15)17;3*1-13-6-9-15(10-7-13)18(21)12-17-5-3-4-16-11-8-14(2)20-19(16)17;1-12-9-10-13-5-4-6-14(18(13)20-12)11-17(21)15-7-2-3-8-16(15)19/h5*3-11H,12H2,1-2H3;2-10H,11H2,1H3. The SMILES string of the molecule is Cc1ccc(C(=O)Cc2cccc3ccc(C)nc23)cc1.Cc1ccc(C(=O)Cc2cccc3ccc(C)nc23)cc1.Cc1ccc(C(=O)Cc2cccc3ccc(C)nc23)cc1.Cc1ccc2cccc(CC(=O)c3ccccc3Cl)c2n1.Cc1cccc(C(=O)Cc2cccc3ccc(C)nc23)c1.Cc1cccc(C(=O)Cc2cccc3ccc(C)nc23)c1. The minimum absolute atomic E-state index is 0.0106. The molecule has 0 spiro atoms. The van der Waals surface area contributed by atoms with Crippen LogP contribution >= 0.6 is 11.6 Å². The van der Waals surface area contributed by atoms with E-state index >= 15 is 0 Å². The molecule has 18 aromatic rings. The summed E-state index contributed by atoms with van der Waals surface area (Å²) in [6, 6.07) is 106. The molecule has 0 aliphatic carbocycles. The quantitative estimate of drug-likeness (QED) is 0.0743. The lowest BCUT2D eigenvalue weighted by atomic mass is 9.99. The number of Topliss-reactive ketones (excluding diaryl/α,β-unsaturated/α-hetero) is 6. The van der Waals surface area contributed by atoms with Crippen LogP contribution in [0, 0.1) is 76.2 Å². The highest BCUT2D eigenvalue weighted by atomic mass is 35.5. The first kappa shape index (κ1) is 89.2. The number of hydrogen-bond acceptors (Lipinski definition) is 12. The second-order valence-corrected chi connectivity index (χ2v) is 32.5. The van der Waals surface area contributed by atoms with Crippen LogP contribution in [-0.2, 0) is 38.5 Å². The fourth-order valence-electron chi connectivity index (χ4n) is 14.9. The van der Waals surface area contributed by atoms with Crippen molar-refractivity contribution in [2.75, 3.05) is 0 Å². The number of ketones is 6. The van der Waals surface area contributed by atoms with Crippen LogP contribution in [0.1, 0.15) is 158 Å². The van der Waals surface area contributed by atoms with E-state index in [2.05, 4.69) is 60.2 Å². The van der Waals surface area contributed by atoms with E-state index in [4.69, 9.17) is 11.6 Å². The lowest BCUT2D eigenvalue weighted by Gasteiger charge is -2.07. The summed E-state index contributed by atoms with van der Waals surface area (Å²) in [5.41, 5.74) is 27.2. The minimum Gasteiger partial charge on any atom is -0.294 e. The van der Waals surface area contributed by atoms with Crippen molar-refractivity contribution in [1.82, 2.24) is 29.9 Å². The van der Waals surface area contributed by atoms with Gasteiger partial charge in [0, 0.05) is 138 Å². The molecule has 0 amide bonds. The number of carbonyl (C=O) groups excluding carboxylic acids is 6. The van der Waals surface area contributed by atoms with Crippen LogP contribution in [0.3, 0.4) is 0 Å². The molecule has 0 aliphatic rings. The molecule has 0 radical (unpaired) electrons. The summed E-state index contributed by atoms with van der Waals surface area (Å²) in [4.78, 5) is 102. The third kappa shape index (κ3) is 23.8. The number of hydrogen-bond donors (Lipinski definition) is 0. The Hall–Kier alpha value is -14.6. The Balaban J connectivity index is 0.000000130. The van der Waals surface area contributed by atoms with Gasteiger partial charge in [-0.25, -0.2) is 0 Å². The van der Waals surface area contributed by atoms with Crippen LogP contribution in [0.5, 0.6) is 0 Å². The van der Waals surface area contributed by atoms with Crippen LogP contribution in [0.25, 0.3) is 65.4 Å². The number of fused-ring (bicyclic) bond motifs is 6. The van der Waals surface area contributed by atoms with Crippen LogP contribution in [-0.4, -0.2) is 64.6 Å². The third-order valence-electron chi connectivity index (χ3n) is 21.7. The zero-order valence-electron chi connectivity index (χ0n) is 72.9. The third-order valence-corrected chi connectivity index (χ3v) is 22.1. The smallest absolute Gasteiger partial charge is 0.168 e. The highest BCUT2D eigenvalue weighted by Gasteiger charge is 2.19. The fraction of sp³-hybridized carbons (Fsp3) is 0.150. The highest BCUT2D eigenvalue weighted by Crippen LogP contribution is 2.28. The molecule has 624 valence electrons. The Kier molecular flexibility index (Phi) is 29.7. The molecule has 0 N–H and O–H groups in total. The number of pyridine rings is 6. The predicted molar refractivity (Wildman–Crippen MR) is 514 cm³/mol. The molecule has 0 saturated heterocycles. The molecule has 126 heavy (non-hydrogen) atoms. The van der Waals surface area contributed by atoms with Crippen molar-refractivity contribution in [1.29, 1.82) is 0 Å². The van der Waals surface area contributed by atoms with E-state index in [0.717, 1.165) is 189 Å². The number of benzene rings is 12. The van der Waals surface area contributed by atoms with Gasteiger partial charge in [-0.15, -0.1) is 0 Å². The number of nitrogens with zero attached hydrogens (tertiary/aromatic N) is 6. The van der Waals surface area contributed by atoms with Gasteiger partial charge in [-0.05, 0) is 170 Å². The minimum atomic E-state index is 0.0106. The van der Waals surface area contributed by atoms with Gasteiger partial charge in [-0.3, -0.25) is 58.7 Å². The van der Waals surface area contributed by atoms with Crippen LogP contribution in [0.15, 0.2) is 328 Å². The van der Waals surface area contributed by atoms with Crippen molar-refractivity contribution in [2.24, 2.45) is 0 Å². The van der Waals surface area contributed by atoms with Gasteiger partial charge in [0.2, 0.25) is 0 Å². The number of halogens is 1.